The van der Waals surface area contributed by atoms with E-state index in [0.717, 1.165) is 11.8 Å². The minimum Gasteiger partial charge on any atom is -0.457 e. The summed E-state index contributed by atoms with van der Waals surface area (Å²) >= 11 is 0. The number of rotatable bonds is 5. The highest BCUT2D eigenvalue weighted by Gasteiger charge is 2.33. The standard InChI is InChI=1S/C23H22N2O7S/c1-13-8-16-9-15(4-7-20(16)25(13)33(3,29)30)23(28)31-12-17-10-22(27)32-21-11-18(24-14(2)26)5-6-19(17)21/h4-7,9-11,13H,8,12H2,1-3H3,(H,24,26)/t13-/m1/s1. The first-order valence-corrected chi connectivity index (χ1v) is 12.0. The van der Waals surface area contributed by atoms with Crippen molar-refractivity contribution in [3.8, 4) is 0 Å². The molecule has 2 heterocycles. The lowest BCUT2D eigenvalue weighted by Crippen LogP contribution is -2.34. The molecule has 2 aromatic carbocycles. The highest BCUT2D eigenvalue weighted by atomic mass is 32.2. The molecule has 1 N–H and O–H groups in total. The molecule has 0 aliphatic carbocycles. The zero-order valence-corrected chi connectivity index (χ0v) is 19.1. The minimum atomic E-state index is -3.42. The van der Waals surface area contributed by atoms with E-state index >= 15 is 0 Å². The molecule has 0 spiro atoms. The number of carbonyl (C=O) groups is 2. The van der Waals surface area contributed by atoms with Crippen molar-refractivity contribution in [1.29, 1.82) is 0 Å². The average molecular weight is 471 g/mol. The van der Waals surface area contributed by atoms with Gasteiger partial charge in [-0.15, -0.1) is 0 Å². The number of carbonyl (C=O) groups excluding carboxylic acids is 2. The number of benzene rings is 2. The molecule has 1 amide bonds. The van der Waals surface area contributed by atoms with Gasteiger partial charge in [0, 0.05) is 41.7 Å². The van der Waals surface area contributed by atoms with E-state index in [9.17, 15) is 22.8 Å². The van der Waals surface area contributed by atoms with Crippen LogP contribution in [0.3, 0.4) is 0 Å². The average Bonchev–Trinajstić information content (AvgIpc) is 3.06. The van der Waals surface area contributed by atoms with Gasteiger partial charge in [0.25, 0.3) is 0 Å². The van der Waals surface area contributed by atoms with Crippen molar-refractivity contribution in [2.75, 3.05) is 15.9 Å². The van der Waals surface area contributed by atoms with Crippen LogP contribution in [0.25, 0.3) is 11.0 Å². The molecule has 0 saturated heterocycles. The van der Waals surface area contributed by atoms with E-state index in [-0.39, 0.29) is 29.7 Å². The Hall–Kier alpha value is -3.66. The highest BCUT2D eigenvalue weighted by Crippen LogP contribution is 2.35. The van der Waals surface area contributed by atoms with Crippen molar-refractivity contribution < 1.29 is 27.2 Å². The lowest BCUT2D eigenvalue weighted by Gasteiger charge is -2.21. The van der Waals surface area contributed by atoms with E-state index in [2.05, 4.69) is 5.32 Å². The number of nitrogens with one attached hydrogen (secondary N) is 1. The Kier molecular flexibility index (Phi) is 5.71. The zero-order chi connectivity index (χ0) is 23.9. The van der Waals surface area contributed by atoms with E-state index in [0.29, 0.717) is 28.7 Å². The van der Waals surface area contributed by atoms with Crippen LogP contribution in [-0.4, -0.2) is 32.6 Å². The number of anilines is 2. The number of hydrogen-bond donors (Lipinski definition) is 1. The van der Waals surface area contributed by atoms with Crippen molar-refractivity contribution in [2.45, 2.75) is 32.9 Å². The highest BCUT2D eigenvalue weighted by molar-refractivity contribution is 7.92. The topological polar surface area (TPSA) is 123 Å². The molecule has 1 aliphatic heterocycles. The maximum Gasteiger partial charge on any atom is 0.338 e. The van der Waals surface area contributed by atoms with Gasteiger partial charge in [-0.1, -0.05) is 0 Å². The van der Waals surface area contributed by atoms with Gasteiger partial charge in [-0.25, -0.2) is 18.0 Å². The van der Waals surface area contributed by atoms with Gasteiger partial charge in [-0.3, -0.25) is 9.10 Å². The van der Waals surface area contributed by atoms with E-state index < -0.39 is 21.6 Å². The molecule has 3 aromatic rings. The summed E-state index contributed by atoms with van der Waals surface area (Å²) in [7, 11) is -3.42. The Labute approximate surface area is 190 Å². The van der Waals surface area contributed by atoms with Gasteiger partial charge in [-0.2, -0.15) is 0 Å². The Morgan fingerprint density at radius 1 is 1.18 bits per heavy atom. The third-order valence-corrected chi connectivity index (χ3v) is 6.61. The van der Waals surface area contributed by atoms with Gasteiger partial charge in [0.15, 0.2) is 0 Å². The van der Waals surface area contributed by atoms with Crippen LogP contribution in [0.4, 0.5) is 11.4 Å². The fourth-order valence-electron chi connectivity index (χ4n) is 4.09. The molecule has 172 valence electrons. The maximum absolute atomic E-state index is 12.7. The van der Waals surface area contributed by atoms with Crippen LogP contribution in [0.2, 0.25) is 0 Å². The molecule has 0 unspecified atom stereocenters. The van der Waals surface area contributed by atoms with Crippen molar-refractivity contribution in [3.05, 3.63) is 69.6 Å². The lowest BCUT2D eigenvalue weighted by atomic mass is 10.1. The molecular formula is C23H22N2O7S. The minimum absolute atomic E-state index is 0.163. The van der Waals surface area contributed by atoms with Crippen LogP contribution >= 0.6 is 0 Å². The third-order valence-electron chi connectivity index (χ3n) is 5.33. The van der Waals surface area contributed by atoms with Crippen LogP contribution in [0, 0.1) is 0 Å². The second-order valence-corrected chi connectivity index (χ2v) is 9.87. The zero-order valence-electron chi connectivity index (χ0n) is 18.2. The van der Waals surface area contributed by atoms with Crippen molar-refractivity contribution in [1.82, 2.24) is 0 Å². The van der Waals surface area contributed by atoms with Crippen molar-refractivity contribution in [2.24, 2.45) is 0 Å². The van der Waals surface area contributed by atoms with Gasteiger partial charge in [0.05, 0.1) is 17.5 Å². The summed E-state index contributed by atoms with van der Waals surface area (Å²) in [5.74, 6) is -0.857. The normalized spacial score (nSPS) is 15.4. The van der Waals surface area contributed by atoms with Gasteiger partial charge >= 0.3 is 11.6 Å². The predicted molar refractivity (Wildman–Crippen MR) is 123 cm³/mol. The molecule has 0 fully saturated rings. The number of sulfonamides is 1. The van der Waals surface area contributed by atoms with Gasteiger partial charge in [0.1, 0.15) is 12.2 Å². The monoisotopic (exact) mass is 470 g/mol. The quantitative estimate of drug-likeness (QED) is 0.449. The summed E-state index contributed by atoms with van der Waals surface area (Å²) in [4.78, 5) is 35.9. The summed E-state index contributed by atoms with van der Waals surface area (Å²) in [6, 6.07) is 10.6. The number of esters is 1. The van der Waals surface area contributed by atoms with Crippen molar-refractivity contribution in [3.63, 3.8) is 0 Å². The molecule has 1 atom stereocenters. The van der Waals surface area contributed by atoms with Gasteiger partial charge in [0.2, 0.25) is 15.9 Å². The molecule has 4 rings (SSSR count). The summed E-state index contributed by atoms with van der Waals surface area (Å²) in [6.07, 6.45) is 1.64. The first-order chi connectivity index (χ1) is 15.5. The molecule has 0 saturated carbocycles. The second-order valence-electron chi connectivity index (χ2n) is 8.01. The van der Waals surface area contributed by atoms with Crippen molar-refractivity contribution >= 4 is 44.2 Å². The van der Waals surface area contributed by atoms with Gasteiger partial charge < -0.3 is 14.5 Å². The largest absolute Gasteiger partial charge is 0.457 e. The van der Waals surface area contributed by atoms with Gasteiger partial charge in [-0.05, 0) is 49.2 Å². The van der Waals surface area contributed by atoms with Crippen LogP contribution in [0.5, 0.6) is 0 Å². The first kappa shape index (κ1) is 22.5. The molecule has 10 heteroatoms. The molecule has 1 aromatic heterocycles. The summed E-state index contributed by atoms with van der Waals surface area (Å²) < 4.78 is 36.1. The number of nitrogens with zero attached hydrogens (tertiary/aromatic N) is 1. The number of amides is 1. The molecule has 33 heavy (non-hydrogen) atoms. The Bertz CT molecular complexity index is 1440. The fourth-order valence-corrected chi connectivity index (χ4v) is 5.36. The summed E-state index contributed by atoms with van der Waals surface area (Å²) in [6.45, 7) is 3.01. The molecule has 1 aliphatic rings. The second kappa shape index (κ2) is 8.36. The summed E-state index contributed by atoms with van der Waals surface area (Å²) in [5, 5.41) is 3.19. The number of hydrogen-bond acceptors (Lipinski definition) is 7. The smallest absolute Gasteiger partial charge is 0.338 e. The molecule has 0 radical (unpaired) electrons. The predicted octanol–water partition coefficient (Wildman–Crippen LogP) is 2.82. The Morgan fingerprint density at radius 3 is 2.64 bits per heavy atom. The lowest BCUT2D eigenvalue weighted by molar-refractivity contribution is -0.114. The molecule has 9 nitrogen and oxygen atoms in total. The fraction of sp³-hybridized carbons (Fsp3) is 0.261. The van der Waals surface area contributed by atoms with E-state index in [4.69, 9.17) is 9.15 Å². The molecule has 0 bridgehead atoms. The van der Waals surface area contributed by atoms with Crippen LogP contribution < -0.4 is 15.2 Å². The number of ether oxygens (including phenoxy) is 1. The first-order valence-electron chi connectivity index (χ1n) is 10.2. The van der Waals surface area contributed by atoms with E-state index in [1.807, 2.05) is 6.92 Å². The number of fused-ring (bicyclic) bond motifs is 2. The van der Waals surface area contributed by atoms with E-state index in [1.165, 1.54) is 29.4 Å². The Morgan fingerprint density at radius 2 is 1.94 bits per heavy atom. The van der Waals surface area contributed by atoms with Crippen LogP contribution in [0.15, 0.2) is 51.7 Å². The summed E-state index contributed by atoms with van der Waals surface area (Å²) in [5.41, 5.74) is 2.18. The van der Waals surface area contributed by atoms with E-state index in [1.54, 1.807) is 24.3 Å². The maximum atomic E-state index is 12.7. The Balaban J connectivity index is 1.56. The van der Waals surface area contributed by atoms with Crippen LogP contribution in [-0.2, 0) is 32.6 Å². The van der Waals surface area contributed by atoms with Crippen LogP contribution in [0.1, 0.15) is 35.3 Å². The third kappa shape index (κ3) is 4.61. The SMILES string of the molecule is CC(=O)Nc1ccc2c(COC(=O)c3ccc4c(c3)C[C@@H](C)N4S(C)(=O)=O)cc(=O)oc2c1. The molecular weight excluding hydrogens is 448 g/mol.